The third-order valence-corrected chi connectivity index (χ3v) is 16.7. The number of allylic oxidation sites excluding steroid dienone is 2. The van der Waals surface area contributed by atoms with E-state index >= 15 is 0 Å². The normalized spacial score (nSPS) is 22.3. The van der Waals surface area contributed by atoms with E-state index in [0.29, 0.717) is 0 Å². The van der Waals surface area contributed by atoms with Crippen molar-refractivity contribution in [1.29, 1.82) is 0 Å². The van der Waals surface area contributed by atoms with Gasteiger partial charge in [-0.25, -0.2) is 0 Å². The van der Waals surface area contributed by atoms with Gasteiger partial charge in [0, 0.05) is 14.2 Å². The fraction of sp³-hybridized carbons (Fsp3) is 0.882. The van der Waals surface area contributed by atoms with Crippen LogP contribution in [0.5, 0.6) is 0 Å². The first kappa shape index (κ1) is 38.7. The molecular formula is C34H62Cl2O2P2Pd. The van der Waals surface area contributed by atoms with Crippen molar-refractivity contribution < 1.29 is 25.4 Å². The van der Waals surface area contributed by atoms with E-state index in [0.717, 1.165) is 35.8 Å². The number of hydrogen-bond acceptors (Lipinski definition) is 2. The maximum atomic E-state index is 5.14. The molecule has 4 rings (SSSR count). The summed E-state index contributed by atoms with van der Waals surface area (Å²) in [6.07, 6.45) is 42.2. The van der Waals surface area contributed by atoms with Crippen LogP contribution in [0.4, 0.5) is 0 Å². The Bertz CT molecular complexity index is 555. The van der Waals surface area contributed by atoms with Crippen molar-refractivity contribution >= 4 is 34.9 Å². The van der Waals surface area contributed by atoms with Gasteiger partial charge in [0.25, 0.3) is 0 Å². The Morgan fingerprint density at radius 2 is 0.732 bits per heavy atom. The van der Waals surface area contributed by atoms with Crippen molar-refractivity contribution in [3.63, 3.8) is 0 Å². The summed E-state index contributed by atoms with van der Waals surface area (Å²) in [5.41, 5.74) is 4.33. The van der Waals surface area contributed by atoms with Crippen LogP contribution in [0.15, 0.2) is 24.3 Å². The van der Waals surface area contributed by atoms with Crippen LogP contribution in [0, 0.1) is 0 Å². The average Bonchev–Trinajstić information content (AvgIpc) is 3.03. The van der Waals surface area contributed by atoms with Crippen molar-refractivity contribution in [3.8, 4) is 0 Å². The monoisotopic (exact) mass is 740 g/mol. The molecule has 0 aromatic rings. The van der Waals surface area contributed by atoms with Gasteiger partial charge < -0.3 is 9.47 Å². The third kappa shape index (κ3) is 17.1. The van der Waals surface area contributed by atoms with E-state index in [1.165, 1.54) is 141 Å². The number of hydrogen-bond donors (Lipinski definition) is 0. The predicted molar refractivity (Wildman–Crippen MR) is 185 cm³/mol. The summed E-state index contributed by atoms with van der Waals surface area (Å²) in [6, 6.07) is 0. The molecule has 0 N–H and O–H groups in total. The molecule has 7 heteroatoms. The minimum absolute atomic E-state index is 0.106. The van der Waals surface area contributed by atoms with E-state index in [9.17, 15) is 0 Å². The Balaban J connectivity index is 0.000000262. The zero-order valence-corrected chi connectivity index (χ0v) is 31.2. The fourth-order valence-electron chi connectivity index (χ4n) is 7.56. The quantitative estimate of drug-likeness (QED) is 0.113. The first-order valence-electron chi connectivity index (χ1n) is 16.9. The Morgan fingerprint density at radius 3 is 0.951 bits per heavy atom. The van der Waals surface area contributed by atoms with Gasteiger partial charge in [-0.1, -0.05) is 117 Å². The molecule has 0 spiro atoms. The molecule has 2 nitrogen and oxygen atoms in total. The molecule has 0 amide bonds. The third-order valence-electron chi connectivity index (χ3n) is 9.67. The first-order chi connectivity index (χ1) is 20.2. The second-order valence-electron chi connectivity index (χ2n) is 12.5. The zero-order chi connectivity index (χ0) is 29.4. The molecule has 0 aromatic carbocycles. The van der Waals surface area contributed by atoms with Crippen LogP contribution in [0.1, 0.15) is 128 Å². The van der Waals surface area contributed by atoms with Crippen molar-refractivity contribution in [2.24, 2.45) is 0 Å². The van der Waals surface area contributed by atoms with Gasteiger partial charge in [-0.05, 0) is 86.3 Å². The van der Waals surface area contributed by atoms with Crippen LogP contribution in [0.2, 0.25) is 0 Å². The molecule has 0 radical (unpaired) electrons. The first-order valence-corrected chi connectivity index (χ1v) is 24.2. The maximum absolute atomic E-state index is 5.14. The van der Waals surface area contributed by atoms with E-state index < -0.39 is 0 Å². The summed E-state index contributed by atoms with van der Waals surface area (Å²) in [5.74, 6) is 0. The number of halogens is 2. The summed E-state index contributed by atoms with van der Waals surface area (Å²) in [4.78, 5) is 0. The summed E-state index contributed by atoms with van der Waals surface area (Å²) >= 11 is -0.106. The molecule has 244 valence electrons. The second kappa shape index (κ2) is 26.7. The predicted octanol–water partition coefficient (Wildman–Crippen LogP) is 12.0. The molecule has 41 heavy (non-hydrogen) atoms. The summed E-state index contributed by atoms with van der Waals surface area (Å²) < 4.78 is 10.3. The summed E-state index contributed by atoms with van der Waals surface area (Å²) in [5, 5.41) is 0. The van der Waals surface area contributed by atoms with Crippen LogP contribution in [-0.4, -0.2) is 62.4 Å². The van der Waals surface area contributed by atoms with Crippen LogP contribution in [-0.2, 0) is 25.4 Å². The van der Waals surface area contributed by atoms with Gasteiger partial charge in [-0.2, -0.15) is 0 Å². The van der Waals surface area contributed by atoms with Crippen LogP contribution < -0.4 is 0 Å². The second-order valence-corrected chi connectivity index (χ2v) is 20.5. The fourth-order valence-corrected chi connectivity index (χ4v) is 14.8. The van der Waals surface area contributed by atoms with E-state index in [4.69, 9.17) is 28.5 Å². The topological polar surface area (TPSA) is 18.5 Å². The molecule has 0 atom stereocenters. The van der Waals surface area contributed by atoms with Crippen molar-refractivity contribution in [2.75, 3.05) is 39.8 Å². The van der Waals surface area contributed by atoms with Crippen LogP contribution >= 0.6 is 34.9 Å². The van der Waals surface area contributed by atoms with E-state index in [1.54, 1.807) is 14.2 Å². The standard InChI is InChI=1S/2C17H31OP.2ClH.Pd/c2*1-18-14-8-9-15-19(16-10-4-2-5-11-16)17-12-6-3-7-13-17;;;/h2*8-9,16-17H,2-7,10-15H2,1H3;2*1H;/q;;;;+2/p-2. The van der Waals surface area contributed by atoms with E-state index in [1.807, 2.05) is 0 Å². The summed E-state index contributed by atoms with van der Waals surface area (Å²) in [7, 11) is 13.7. The summed E-state index contributed by atoms with van der Waals surface area (Å²) in [6.45, 7) is 1.58. The Labute approximate surface area is 273 Å². The van der Waals surface area contributed by atoms with Crippen molar-refractivity contribution in [3.05, 3.63) is 24.3 Å². The Morgan fingerprint density at radius 1 is 0.488 bits per heavy atom. The van der Waals surface area contributed by atoms with Crippen molar-refractivity contribution in [1.82, 2.24) is 0 Å². The Kier molecular flexibility index (Phi) is 25.2. The number of rotatable bonds is 12. The van der Waals surface area contributed by atoms with E-state index in [2.05, 4.69) is 24.3 Å². The van der Waals surface area contributed by atoms with Gasteiger partial charge in [0.05, 0.1) is 13.2 Å². The van der Waals surface area contributed by atoms with Gasteiger partial charge in [0.1, 0.15) is 0 Å². The van der Waals surface area contributed by atoms with Gasteiger partial charge in [-0.3, -0.25) is 0 Å². The Hall–Kier alpha value is 1.50. The number of methoxy groups -OCH3 is 2. The average molecular weight is 742 g/mol. The SMILES string of the molecule is COCC=CCP(C1CCCCC1)C1CCCCC1.COCC=CCP(C1CCCCC1)C1CCCCC1.[Cl][Pd][Cl]. The molecule has 4 aliphatic carbocycles. The molecule has 4 saturated carbocycles. The van der Waals surface area contributed by atoms with Gasteiger partial charge >= 0.3 is 35.0 Å². The molecule has 0 unspecified atom stereocenters. The van der Waals surface area contributed by atoms with Crippen LogP contribution in [0.3, 0.4) is 0 Å². The van der Waals surface area contributed by atoms with Gasteiger partial charge in [0.15, 0.2) is 0 Å². The molecule has 4 aliphatic rings. The molecule has 0 aliphatic heterocycles. The number of ether oxygens (including phenoxy) is 2. The molecule has 0 bridgehead atoms. The molecule has 0 heterocycles. The molecule has 0 saturated heterocycles. The molecule has 0 aromatic heterocycles. The van der Waals surface area contributed by atoms with Gasteiger partial charge in [0.2, 0.25) is 0 Å². The zero-order valence-electron chi connectivity index (χ0n) is 26.4. The van der Waals surface area contributed by atoms with E-state index in [-0.39, 0.29) is 31.8 Å². The van der Waals surface area contributed by atoms with Crippen molar-refractivity contribution in [2.45, 2.75) is 151 Å². The molecule has 4 fully saturated rings. The molecular weight excluding hydrogens is 680 g/mol. The van der Waals surface area contributed by atoms with Gasteiger partial charge in [-0.15, -0.1) is 0 Å². The van der Waals surface area contributed by atoms with Crippen LogP contribution in [0.25, 0.3) is 0 Å². The minimum atomic E-state index is -0.106.